The van der Waals surface area contributed by atoms with Crippen LogP contribution in [0.15, 0.2) is 36.4 Å². The first-order chi connectivity index (χ1) is 10.2. The molecule has 0 spiro atoms. The van der Waals surface area contributed by atoms with E-state index in [2.05, 4.69) is 10.2 Å². The van der Waals surface area contributed by atoms with E-state index in [1.54, 1.807) is 30.4 Å². The Morgan fingerprint density at radius 2 is 1.86 bits per heavy atom. The van der Waals surface area contributed by atoms with Gasteiger partial charge in [0.05, 0.1) is 17.3 Å². The molecule has 1 N–H and O–H groups in total. The molecule has 0 atom stereocenters. The summed E-state index contributed by atoms with van der Waals surface area (Å²) in [6, 6.07) is 10.6. The van der Waals surface area contributed by atoms with Crippen LogP contribution in [0.25, 0.3) is 23.1 Å². The number of aromatic nitrogens is 2. The Bertz CT molecular complexity index is 871. The van der Waals surface area contributed by atoms with Gasteiger partial charge in [-0.3, -0.25) is 5.10 Å². The maximum atomic E-state index is 13.8. The van der Waals surface area contributed by atoms with Crippen molar-refractivity contribution in [1.29, 1.82) is 5.26 Å². The van der Waals surface area contributed by atoms with Crippen molar-refractivity contribution in [1.82, 2.24) is 10.2 Å². The molecule has 102 valence electrons. The Kier molecular flexibility index (Phi) is 3.20. The molecule has 1 heterocycles. The van der Waals surface area contributed by atoms with Crippen molar-refractivity contribution in [2.75, 3.05) is 0 Å². The smallest absolute Gasteiger partial charge is 0.150 e. The maximum Gasteiger partial charge on any atom is 0.150 e. The molecular weight excluding hydrogens is 272 g/mol. The first-order valence-electron chi connectivity index (χ1n) is 6.19. The van der Waals surface area contributed by atoms with Crippen molar-refractivity contribution in [2.45, 2.75) is 0 Å². The van der Waals surface area contributed by atoms with Crippen molar-refractivity contribution < 1.29 is 8.78 Å². The molecule has 0 saturated heterocycles. The van der Waals surface area contributed by atoms with Gasteiger partial charge in [-0.15, -0.1) is 0 Å². The summed E-state index contributed by atoms with van der Waals surface area (Å²) >= 11 is 0. The summed E-state index contributed by atoms with van der Waals surface area (Å²) in [4.78, 5) is 0. The maximum absolute atomic E-state index is 13.8. The quantitative estimate of drug-likeness (QED) is 0.775. The zero-order valence-corrected chi connectivity index (χ0v) is 10.8. The van der Waals surface area contributed by atoms with Crippen LogP contribution in [0.4, 0.5) is 8.78 Å². The third-order valence-corrected chi connectivity index (χ3v) is 3.09. The predicted molar refractivity (Wildman–Crippen MR) is 76.1 cm³/mol. The van der Waals surface area contributed by atoms with Crippen molar-refractivity contribution in [3.05, 3.63) is 64.9 Å². The number of hydrogen-bond donors (Lipinski definition) is 1. The number of rotatable bonds is 2. The highest BCUT2D eigenvalue weighted by atomic mass is 19.1. The molecule has 5 heteroatoms. The third kappa shape index (κ3) is 2.51. The van der Waals surface area contributed by atoms with Gasteiger partial charge < -0.3 is 0 Å². The summed E-state index contributed by atoms with van der Waals surface area (Å²) in [6.45, 7) is 0. The van der Waals surface area contributed by atoms with E-state index in [1.807, 2.05) is 6.07 Å². The number of benzene rings is 2. The van der Waals surface area contributed by atoms with Gasteiger partial charge in [0.25, 0.3) is 0 Å². The topological polar surface area (TPSA) is 52.5 Å². The highest BCUT2D eigenvalue weighted by Gasteiger charge is 2.09. The van der Waals surface area contributed by atoms with Crippen LogP contribution in [0.1, 0.15) is 16.8 Å². The molecule has 0 bridgehead atoms. The van der Waals surface area contributed by atoms with Gasteiger partial charge >= 0.3 is 0 Å². The van der Waals surface area contributed by atoms with Crippen LogP contribution in [0.3, 0.4) is 0 Å². The Hall–Kier alpha value is -3.00. The molecule has 3 nitrogen and oxygen atoms in total. The van der Waals surface area contributed by atoms with Gasteiger partial charge in [-0.1, -0.05) is 18.2 Å². The van der Waals surface area contributed by atoms with Crippen molar-refractivity contribution >= 4 is 23.1 Å². The van der Waals surface area contributed by atoms with Gasteiger partial charge in [0.15, 0.2) is 0 Å². The van der Waals surface area contributed by atoms with E-state index < -0.39 is 5.82 Å². The predicted octanol–water partition coefficient (Wildman–Crippen LogP) is 3.88. The van der Waals surface area contributed by atoms with Gasteiger partial charge in [0.1, 0.15) is 17.2 Å². The van der Waals surface area contributed by atoms with Gasteiger partial charge in [0, 0.05) is 5.39 Å². The van der Waals surface area contributed by atoms with E-state index >= 15 is 0 Å². The molecule has 2 aromatic carbocycles. The fourth-order valence-corrected chi connectivity index (χ4v) is 2.04. The Morgan fingerprint density at radius 3 is 2.57 bits per heavy atom. The lowest BCUT2D eigenvalue weighted by Crippen LogP contribution is -1.82. The summed E-state index contributed by atoms with van der Waals surface area (Å²) in [7, 11) is 0. The number of nitriles is 1. The van der Waals surface area contributed by atoms with Crippen molar-refractivity contribution in [2.24, 2.45) is 0 Å². The molecule has 21 heavy (non-hydrogen) atoms. The van der Waals surface area contributed by atoms with Crippen LogP contribution >= 0.6 is 0 Å². The lowest BCUT2D eigenvalue weighted by atomic mass is 10.1. The summed E-state index contributed by atoms with van der Waals surface area (Å²) in [5.74, 6) is -0.823. The number of fused-ring (bicyclic) bond motifs is 1. The molecule has 0 unspecified atom stereocenters. The number of halogens is 2. The molecule has 0 amide bonds. The molecule has 1 aromatic heterocycles. The second-order valence-corrected chi connectivity index (χ2v) is 4.49. The van der Waals surface area contributed by atoms with Gasteiger partial charge in [-0.05, 0) is 35.9 Å². The average Bonchev–Trinajstić information content (AvgIpc) is 2.90. The van der Waals surface area contributed by atoms with Crippen LogP contribution in [-0.4, -0.2) is 10.2 Å². The molecule has 0 saturated carbocycles. The zero-order chi connectivity index (χ0) is 14.8. The summed E-state index contributed by atoms with van der Waals surface area (Å²) in [6.07, 6.45) is 3.43. The SMILES string of the molecule is N#Cc1cc(F)c2[nH]nc(C=Cc3ccc(F)cc3)c2c1. The minimum absolute atomic E-state index is 0.234. The number of hydrogen-bond acceptors (Lipinski definition) is 2. The van der Waals surface area contributed by atoms with E-state index in [4.69, 9.17) is 5.26 Å². The highest BCUT2D eigenvalue weighted by molar-refractivity contribution is 5.90. The van der Waals surface area contributed by atoms with Gasteiger partial charge in [0.2, 0.25) is 0 Å². The van der Waals surface area contributed by atoms with Crippen LogP contribution < -0.4 is 0 Å². The Labute approximate surface area is 119 Å². The highest BCUT2D eigenvalue weighted by Crippen LogP contribution is 2.22. The fourth-order valence-electron chi connectivity index (χ4n) is 2.04. The number of aromatic amines is 1. The van der Waals surface area contributed by atoms with E-state index in [0.29, 0.717) is 11.1 Å². The molecule has 0 aliphatic carbocycles. The van der Waals surface area contributed by atoms with E-state index in [1.165, 1.54) is 12.1 Å². The van der Waals surface area contributed by atoms with Crippen molar-refractivity contribution in [3.8, 4) is 6.07 Å². The minimum atomic E-state index is -0.516. The van der Waals surface area contributed by atoms with Crippen LogP contribution in [0.2, 0.25) is 0 Å². The van der Waals surface area contributed by atoms with Crippen molar-refractivity contribution in [3.63, 3.8) is 0 Å². The summed E-state index contributed by atoms with van der Waals surface area (Å²) < 4.78 is 26.6. The first kappa shape index (κ1) is 13.0. The van der Waals surface area contributed by atoms with Crippen LogP contribution in [-0.2, 0) is 0 Å². The largest absolute Gasteiger partial charge is 0.274 e. The molecular formula is C16H9F2N3. The minimum Gasteiger partial charge on any atom is -0.274 e. The molecule has 3 rings (SSSR count). The number of nitrogens with one attached hydrogen (secondary N) is 1. The third-order valence-electron chi connectivity index (χ3n) is 3.09. The first-order valence-corrected chi connectivity index (χ1v) is 6.19. The molecule has 0 radical (unpaired) electrons. The molecule has 0 aliphatic rings. The molecule has 0 fully saturated rings. The average molecular weight is 281 g/mol. The standard InChI is InChI=1S/C16H9F2N3/c17-12-4-1-10(2-5-12)3-6-15-13-7-11(9-19)8-14(18)16(13)21-20-15/h1-8H,(H,20,21). The molecule has 0 aliphatic heterocycles. The normalized spacial score (nSPS) is 11.1. The lowest BCUT2D eigenvalue weighted by molar-refractivity contribution is 0.627. The zero-order valence-electron chi connectivity index (χ0n) is 10.8. The fraction of sp³-hybridized carbons (Fsp3) is 0. The second kappa shape index (κ2) is 5.17. The number of nitrogens with zero attached hydrogens (tertiary/aromatic N) is 2. The van der Waals surface area contributed by atoms with Gasteiger partial charge in [-0.25, -0.2) is 8.78 Å². The molecule has 3 aromatic rings. The van der Waals surface area contributed by atoms with E-state index in [9.17, 15) is 8.78 Å². The monoisotopic (exact) mass is 281 g/mol. The lowest BCUT2D eigenvalue weighted by Gasteiger charge is -1.95. The van der Waals surface area contributed by atoms with E-state index in [0.717, 1.165) is 11.6 Å². The summed E-state index contributed by atoms with van der Waals surface area (Å²) in [5.41, 5.74) is 1.81. The summed E-state index contributed by atoms with van der Waals surface area (Å²) in [5, 5.41) is 16.1. The second-order valence-electron chi connectivity index (χ2n) is 4.49. The van der Waals surface area contributed by atoms with Gasteiger partial charge in [-0.2, -0.15) is 10.4 Å². The number of H-pyrrole nitrogens is 1. The Morgan fingerprint density at radius 1 is 1.10 bits per heavy atom. The Balaban J connectivity index is 2.03. The van der Waals surface area contributed by atoms with E-state index in [-0.39, 0.29) is 16.9 Å². The van der Waals surface area contributed by atoms with Crippen LogP contribution in [0, 0.1) is 23.0 Å². The van der Waals surface area contributed by atoms with Crippen LogP contribution in [0.5, 0.6) is 0 Å².